The number of esters is 1. The Morgan fingerprint density at radius 2 is 1.82 bits per heavy atom. The fraction of sp³-hybridized carbons (Fsp3) is 0.316. The summed E-state index contributed by atoms with van der Waals surface area (Å²) in [5, 5.41) is 1.81. The predicted molar refractivity (Wildman–Crippen MR) is 105 cm³/mol. The van der Waals surface area contributed by atoms with Crippen LogP contribution >= 0.6 is 11.3 Å². The minimum absolute atomic E-state index is 0.0571. The predicted octanol–water partition coefficient (Wildman–Crippen LogP) is 1.95. The van der Waals surface area contributed by atoms with Gasteiger partial charge < -0.3 is 14.2 Å². The third-order valence-electron chi connectivity index (χ3n) is 4.14. The number of benzene rings is 1. The summed E-state index contributed by atoms with van der Waals surface area (Å²) in [5.74, 6) is 0.941. The molecule has 0 radical (unpaired) electrons. The average Bonchev–Trinajstić information content (AvgIpc) is 3.16. The van der Waals surface area contributed by atoms with Crippen molar-refractivity contribution in [3.63, 3.8) is 0 Å². The van der Waals surface area contributed by atoms with E-state index in [0.717, 1.165) is 5.56 Å². The molecule has 0 aliphatic heterocycles. The van der Waals surface area contributed by atoms with E-state index in [2.05, 4.69) is 4.98 Å². The molecule has 3 aromatic rings. The van der Waals surface area contributed by atoms with Crippen LogP contribution in [0.4, 0.5) is 0 Å². The Kier molecular flexibility index (Phi) is 6.27. The number of aromatic nitrogens is 2. The first-order valence-electron chi connectivity index (χ1n) is 8.49. The summed E-state index contributed by atoms with van der Waals surface area (Å²) in [6.07, 6.45) is 1.69. The second-order valence-electron chi connectivity index (χ2n) is 6.08. The molecule has 9 heteroatoms. The van der Waals surface area contributed by atoms with Crippen LogP contribution in [-0.2, 0) is 22.6 Å². The number of carbonyl (C=O) groups is 1. The van der Waals surface area contributed by atoms with Crippen LogP contribution in [0.25, 0.3) is 4.96 Å². The molecule has 1 aromatic carbocycles. The monoisotopic (exact) mass is 403 g/mol. The van der Waals surface area contributed by atoms with Gasteiger partial charge in [-0.15, -0.1) is 11.3 Å². The van der Waals surface area contributed by atoms with Crippen molar-refractivity contribution in [3.05, 3.63) is 57.5 Å². The molecule has 0 spiro atoms. The van der Waals surface area contributed by atoms with Gasteiger partial charge in [-0.05, 0) is 17.7 Å². The van der Waals surface area contributed by atoms with Crippen molar-refractivity contribution in [2.45, 2.75) is 13.1 Å². The Balaban J connectivity index is 1.88. The van der Waals surface area contributed by atoms with E-state index in [4.69, 9.17) is 14.2 Å². The van der Waals surface area contributed by atoms with Gasteiger partial charge in [0.1, 0.15) is 11.5 Å². The van der Waals surface area contributed by atoms with Gasteiger partial charge in [0.2, 0.25) is 0 Å². The molecule has 0 saturated heterocycles. The van der Waals surface area contributed by atoms with Crippen LogP contribution < -0.4 is 15.0 Å². The first-order valence-corrected chi connectivity index (χ1v) is 9.37. The first-order chi connectivity index (χ1) is 13.5. The van der Waals surface area contributed by atoms with Crippen LogP contribution in [0.2, 0.25) is 0 Å². The van der Waals surface area contributed by atoms with Gasteiger partial charge in [0.25, 0.3) is 5.56 Å². The van der Waals surface area contributed by atoms with Crippen molar-refractivity contribution >= 4 is 22.3 Å². The molecule has 0 saturated carbocycles. The maximum Gasteiger partial charge on any atom is 0.319 e. The van der Waals surface area contributed by atoms with Crippen LogP contribution in [-0.4, -0.2) is 48.1 Å². The zero-order chi connectivity index (χ0) is 20.1. The van der Waals surface area contributed by atoms with E-state index in [1.54, 1.807) is 26.5 Å². The summed E-state index contributed by atoms with van der Waals surface area (Å²) in [6.45, 7) is 0.800. The van der Waals surface area contributed by atoms with E-state index in [-0.39, 0.29) is 18.1 Å². The van der Waals surface area contributed by atoms with Crippen LogP contribution in [0.3, 0.4) is 0 Å². The molecule has 0 N–H and O–H groups in total. The molecular formula is C19H21N3O5S. The molecule has 3 rings (SSSR count). The van der Waals surface area contributed by atoms with E-state index in [9.17, 15) is 9.59 Å². The number of fused-ring (bicyclic) bond motifs is 1. The lowest BCUT2D eigenvalue weighted by Gasteiger charge is -2.21. The standard InChI is InChI=1S/C19H21N3O5S/c1-25-15-6-13(7-16(9-15)26-2)10-21(12-18(24)27-3)11-14-8-17(23)22-4-5-28-19(22)20-14/h4-9H,10-12H2,1-3H3. The highest BCUT2D eigenvalue weighted by molar-refractivity contribution is 7.15. The second-order valence-corrected chi connectivity index (χ2v) is 6.96. The Hall–Kier alpha value is -2.91. The summed E-state index contributed by atoms with van der Waals surface area (Å²) in [4.78, 5) is 31.1. The topological polar surface area (TPSA) is 82.4 Å². The second kappa shape index (κ2) is 8.85. The van der Waals surface area contributed by atoms with Crippen LogP contribution in [0.5, 0.6) is 11.5 Å². The van der Waals surface area contributed by atoms with Crippen LogP contribution in [0.15, 0.2) is 40.6 Å². The number of methoxy groups -OCH3 is 3. The summed E-state index contributed by atoms with van der Waals surface area (Å²) in [7, 11) is 4.51. The fourth-order valence-electron chi connectivity index (χ4n) is 2.83. The lowest BCUT2D eigenvalue weighted by Crippen LogP contribution is -2.31. The van der Waals surface area contributed by atoms with E-state index >= 15 is 0 Å². The van der Waals surface area contributed by atoms with E-state index < -0.39 is 0 Å². The summed E-state index contributed by atoms with van der Waals surface area (Å²) in [5.41, 5.74) is 1.34. The van der Waals surface area contributed by atoms with E-state index in [1.165, 1.54) is 28.9 Å². The van der Waals surface area contributed by atoms with Gasteiger partial charge in [0, 0.05) is 36.8 Å². The number of ether oxygens (including phenoxy) is 3. The number of nitrogens with zero attached hydrogens (tertiary/aromatic N) is 3. The number of rotatable bonds is 8. The van der Waals surface area contributed by atoms with Gasteiger partial charge in [0.05, 0.1) is 33.6 Å². The largest absolute Gasteiger partial charge is 0.497 e. The molecule has 2 heterocycles. The molecule has 8 nitrogen and oxygen atoms in total. The minimum Gasteiger partial charge on any atom is -0.497 e. The first kappa shape index (κ1) is 19.8. The summed E-state index contributed by atoms with van der Waals surface area (Å²) in [6, 6.07) is 7.01. The lowest BCUT2D eigenvalue weighted by atomic mass is 10.1. The molecule has 28 heavy (non-hydrogen) atoms. The third kappa shape index (κ3) is 4.68. The van der Waals surface area contributed by atoms with E-state index in [1.807, 2.05) is 22.4 Å². The van der Waals surface area contributed by atoms with Crippen molar-refractivity contribution in [3.8, 4) is 11.5 Å². The fourth-order valence-corrected chi connectivity index (χ4v) is 3.57. The summed E-state index contributed by atoms with van der Waals surface area (Å²) < 4.78 is 16.9. The Bertz CT molecular complexity index is 1010. The maximum absolute atomic E-state index is 12.2. The summed E-state index contributed by atoms with van der Waals surface area (Å²) >= 11 is 1.38. The molecule has 0 unspecified atom stereocenters. The highest BCUT2D eigenvalue weighted by Crippen LogP contribution is 2.24. The Morgan fingerprint density at radius 3 is 2.46 bits per heavy atom. The highest BCUT2D eigenvalue weighted by Gasteiger charge is 2.16. The SMILES string of the molecule is COC(=O)CN(Cc1cc(OC)cc(OC)c1)Cc1cc(=O)n2ccsc2n1. The Labute approximate surface area is 165 Å². The number of thiazole rings is 1. The Morgan fingerprint density at radius 1 is 1.11 bits per heavy atom. The quantitative estimate of drug-likeness (QED) is 0.532. The van der Waals surface area contributed by atoms with Crippen LogP contribution in [0, 0.1) is 0 Å². The van der Waals surface area contributed by atoms with Gasteiger partial charge in [-0.2, -0.15) is 0 Å². The third-order valence-corrected chi connectivity index (χ3v) is 4.90. The van der Waals surface area contributed by atoms with Gasteiger partial charge in [-0.25, -0.2) is 4.98 Å². The maximum atomic E-state index is 12.2. The molecule has 2 aromatic heterocycles. The van der Waals surface area contributed by atoms with Gasteiger partial charge in [-0.3, -0.25) is 18.9 Å². The number of hydrogen-bond donors (Lipinski definition) is 0. The lowest BCUT2D eigenvalue weighted by molar-refractivity contribution is -0.142. The molecule has 0 atom stereocenters. The van der Waals surface area contributed by atoms with Gasteiger partial charge in [0.15, 0.2) is 4.96 Å². The molecule has 0 aliphatic carbocycles. The van der Waals surface area contributed by atoms with Crippen molar-refractivity contribution in [2.24, 2.45) is 0 Å². The average molecular weight is 403 g/mol. The minimum atomic E-state index is -0.371. The van der Waals surface area contributed by atoms with Crippen molar-refractivity contribution in [2.75, 3.05) is 27.9 Å². The zero-order valence-corrected chi connectivity index (χ0v) is 16.7. The molecular weight excluding hydrogens is 382 g/mol. The van der Waals surface area contributed by atoms with E-state index in [0.29, 0.717) is 35.2 Å². The molecule has 0 aliphatic rings. The van der Waals surface area contributed by atoms with Crippen molar-refractivity contribution in [1.29, 1.82) is 0 Å². The number of carbonyl (C=O) groups excluding carboxylic acids is 1. The van der Waals surface area contributed by atoms with Crippen molar-refractivity contribution < 1.29 is 19.0 Å². The smallest absolute Gasteiger partial charge is 0.319 e. The normalized spacial score (nSPS) is 11.0. The van der Waals surface area contributed by atoms with Crippen molar-refractivity contribution in [1.82, 2.24) is 14.3 Å². The van der Waals surface area contributed by atoms with Gasteiger partial charge in [-0.1, -0.05) is 0 Å². The van der Waals surface area contributed by atoms with Crippen LogP contribution in [0.1, 0.15) is 11.3 Å². The number of hydrogen-bond acceptors (Lipinski definition) is 8. The molecule has 0 fully saturated rings. The molecule has 148 valence electrons. The zero-order valence-electron chi connectivity index (χ0n) is 15.9. The molecule has 0 bridgehead atoms. The van der Waals surface area contributed by atoms with Gasteiger partial charge >= 0.3 is 5.97 Å². The molecule has 0 amide bonds. The highest BCUT2D eigenvalue weighted by atomic mass is 32.1.